The molecule has 1 radical (unpaired) electrons. The second-order valence-corrected chi connectivity index (χ2v) is 8.82. The van der Waals surface area contributed by atoms with E-state index in [-0.39, 0.29) is 29.8 Å². The third-order valence-electron chi connectivity index (χ3n) is 5.85. The van der Waals surface area contributed by atoms with Crippen molar-refractivity contribution in [2.75, 3.05) is 11.9 Å². The molecule has 2 aliphatic rings. The van der Waals surface area contributed by atoms with Crippen molar-refractivity contribution in [3.63, 3.8) is 0 Å². The molecule has 2 atom stereocenters. The number of benzene rings is 1. The first-order valence-corrected chi connectivity index (χ1v) is 10.4. The molecule has 173 valence electrons. The Bertz CT molecular complexity index is 1120. The van der Waals surface area contributed by atoms with Crippen LogP contribution in [-0.4, -0.2) is 49.0 Å². The molecule has 31 heavy (non-hydrogen) atoms. The third kappa shape index (κ3) is 3.66. The molecule has 10 heteroatoms. The summed E-state index contributed by atoms with van der Waals surface area (Å²) in [5.74, 6) is -0.126. The van der Waals surface area contributed by atoms with Gasteiger partial charge in [0.1, 0.15) is 0 Å². The number of hydrogen-bond donors (Lipinski definition) is 2. The van der Waals surface area contributed by atoms with E-state index in [1.807, 2.05) is 19.9 Å². The van der Waals surface area contributed by atoms with E-state index in [9.17, 15) is 9.50 Å². The van der Waals surface area contributed by atoms with Gasteiger partial charge in [-0.25, -0.2) is 14.4 Å². The Labute approximate surface area is 178 Å². The molecule has 2 N–H and O–H groups in total. The molecule has 0 amide bonds. The van der Waals surface area contributed by atoms with Gasteiger partial charge in [-0.1, -0.05) is 23.2 Å². The molecule has 1 spiro atoms. The monoisotopic (exact) mass is 692 g/mol. The third-order valence-corrected chi connectivity index (χ3v) is 6.12. The fourth-order valence-electron chi connectivity index (χ4n) is 3.98. The summed E-state index contributed by atoms with van der Waals surface area (Å²) in [6, 6.07) is 3.04. The van der Waals surface area contributed by atoms with Crippen LogP contribution in [0.25, 0.3) is 22.3 Å². The topological polar surface area (TPSA) is 85.1 Å². The fraction of sp³-hybridized carbons (Fsp3) is 0.476. The van der Waals surface area contributed by atoms with Gasteiger partial charge in [0.15, 0.2) is 0 Å². The van der Waals surface area contributed by atoms with Crippen molar-refractivity contribution in [2.24, 2.45) is 0 Å². The number of fused-ring (bicyclic) bond motifs is 1. The summed E-state index contributed by atoms with van der Waals surface area (Å²) in [4.78, 5) is 12.9. The number of nitrogens with zero attached hydrogens (tertiary/aromatic N) is 4. The minimum absolute atomic E-state index is 0. The van der Waals surface area contributed by atoms with E-state index in [0.717, 1.165) is 12.8 Å². The Balaban J connectivity index is 0.00000231. The molecule has 0 bridgehead atoms. The van der Waals surface area contributed by atoms with Gasteiger partial charge in [-0.05, 0) is 50.3 Å². The number of nitrogens with one attached hydrogen (secondary N) is 1. The van der Waals surface area contributed by atoms with Gasteiger partial charge in [-0.2, -0.15) is 0 Å². The van der Waals surface area contributed by atoms with Crippen LogP contribution in [0.2, 0.25) is 5.02 Å². The van der Waals surface area contributed by atoms with Gasteiger partial charge in [0.05, 0.1) is 47.1 Å². The maximum absolute atomic E-state index is 14.7. The summed E-state index contributed by atoms with van der Waals surface area (Å²) in [5.41, 5.74) is 1.70. The number of hydrogen-bond acceptors (Lipinski definition) is 6. The number of halogens is 2. The van der Waals surface area contributed by atoms with E-state index in [2.05, 4.69) is 26.6 Å². The van der Waals surface area contributed by atoms with Crippen LogP contribution in [0.1, 0.15) is 39.2 Å². The number of aromatic nitrogens is 4. The van der Waals surface area contributed by atoms with Crippen LogP contribution in [0, 0.1) is 12.1 Å². The standard InChI is InChI=1S/C21H22ClFN5O2.Lr/c1-11(2)28-10-25-19-14(23)5-12(6-16(19)28)18-13(22)8-24-20(27-18)26-15-7-21(3-4-21)30-9-17(15)29;/h5-6,8,11,15,17,29H,3-4,7,9H2,1-2H3,(H,24,26,27);/q-1;/t15?,17-;/m0./s1. The molecule has 1 aliphatic carbocycles. The van der Waals surface area contributed by atoms with Crippen LogP contribution in [-0.2, 0) is 4.74 Å². The zero-order valence-electron chi connectivity index (χ0n) is 17.0. The Kier molecular flexibility index (Phi) is 5.03. The maximum Gasteiger partial charge on any atom is 0.223 e. The molecule has 5 rings (SSSR count). The molecule has 1 saturated heterocycles. The molecule has 3 heterocycles. The summed E-state index contributed by atoms with van der Waals surface area (Å²) in [5, 5.41) is 13.8. The van der Waals surface area contributed by atoms with Crippen LogP contribution >= 0.6 is 11.6 Å². The molecule has 7 nitrogen and oxygen atoms in total. The van der Waals surface area contributed by atoms with E-state index >= 15 is 0 Å². The van der Waals surface area contributed by atoms with E-state index in [4.69, 9.17) is 16.3 Å². The van der Waals surface area contributed by atoms with E-state index < -0.39 is 11.9 Å². The van der Waals surface area contributed by atoms with Crippen molar-refractivity contribution < 1.29 is 14.2 Å². The van der Waals surface area contributed by atoms with E-state index in [0.29, 0.717) is 34.2 Å². The van der Waals surface area contributed by atoms with Gasteiger partial charge in [0.25, 0.3) is 0 Å². The van der Waals surface area contributed by atoms with Crippen LogP contribution in [0.15, 0.2) is 18.3 Å². The number of aliphatic hydroxyl groups is 1. The maximum atomic E-state index is 14.7. The summed E-state index contributed by atoms with van der Waals surface area (Å²) in [6.45, 7) is 4.25. The van der Waals surface area contributed by atoms with Crippen LogP contribution in [0.5, 0.6) is 0 Å². The van der Waals surface area contributed by atoms with Gasteiger partial charge in [0, 0.05) is 12.4 Å². The second kappa shape index (κ2) is 7.44. The molecule has 3 aromatic rings. The summed E-state index contributed by atoms with van der Waals surface area (Å²) >= 11 is 6.36. The van der Waals surface area contributed by atoms with Crippen molar-refractivity contribution in [3.8, 4) is 11.3 Å². The van der Waals surface area contributed by atoms with Gasteiger partial charge < -0.3 is 24.7 Å². The number of anilines is 1. The molecule has 1 aromatic carbocycles. The summed E-state index contributed by atoms with van der Waals surface area (Å²) < 4.78 is 22.2. The number of rotatable bonds is 4. The molecular formula is C21H22ClFLrN5O2-. The average molecular weight is 693 g/mol. The number of aliphatic hydroxyl groups excluding tert-OH is 1. The average Bonchev–Trinajstić information content (AvgIpc) is 3.31. The fourth-order valence-corrected chi connectivity index (χ4v) is 4.18. The Hall–Kier alpha value is -3.29. The van der Waals surface area contributed by atoms with Gasteiger partial charge >= 0.3 is 0 Å². The van der Waals surface area contributed by atoms with Crippen molar-refractivity contribution in [2.45, 2.75) is 56.9 Å². The first-order chi connectivity index (χ1) is 14.3. The van der Waals surface area contributed by atoms with Crippen LogP contribution in [0.4, 0.5) is 10.3 Å². The second-order valence-electron chi connectivity index (χ2n) is 8.41. The smallest absolute Gasteiger partial charge is 0.223 e. The zero-order chi connectivity index (χ0) is 21.0. The first-order valence-electron chi connectivity index (χ1n) is 10.1. The molecule has 2 aromatic heterocycles. The minimum atomic E-state index is -0.649. The zero-order valence-corrected chi connectivity index (χ0v) is 19.9. The van der Waals surface area contributed by atoms with Crippen molar-refractivity contribution in [1.82, 2.24) is 19.5 Å². The van der Waals surface area contributed by atoms with E-state index in [1.54, 1.807) is 4.57 Å². The quantitative estimate of drug-likeness (QED) is 0.406. The SMILES string of the molecule is CC(C)n1[c-]nc2c(F)cc(-c3nc(NC4CC5(CC5)OC[C@@H]4O)ncc3Cl)cc21.[Lr]. The van der Waals surface area contributed by atoms with Crippen molar-refractivity contribution >= 4 is 28.6 Å². The Morgan fingerprint density at radius 2 is 2.16 bits per heavy atom. The number of imidazole rings is 1. The molecular weight excluding hydrogens is 671 g/mol. The first kappa shape index (κ1) is 21.0. The molecule has 2 fully saturated rings. The predicted molar refractivity (Wildman–Crippen MR) is 111 cm³/mol. The van der Waals surface area contributed by atoms with Gasteiger partial charge in [-0.15, -0.1) is 0 Å². The van der Waals surface area contributed by atoms with Crippen LogP contribution in [0.3, 0.4) is 0 Å². The number of ether oxygens (including phenoxy) is 1. The van der Waals surface area contributed by atoms with Gasteiger partial charge in [0.2, 0.25) is 5.95 Å². The van der Waals surface area contributed by atoms with Crippen LogP contribution < -0.4 is 5.32 Å². The Morgan fingerprint density at radius 3 is 2.87 bits per heavy atom. The summed E-state index contributed by atoms with van der Waals surface area (Å²) in [6.07, 6.45) is 6.38. The molecule has 1 unspecified atom stereocenters. The molecule has 1 saturated carbocycles. The van der Waals surface area contributed by atoms with Gasteiger partial charge in [-0.3, -0.25) is 0 Å². The largest absolute Gasteiger partial charge is 0.445 e. The Morgan fingerprint density at radius 1 is 1.39 bits per heavy atom. The predicted octanol–water partition coefficient (Wildman–Crippen LogP) is 3.76. The normalized spacial score (nSPS) is 22.0. The minimum Gasteiger partial charge on any atom is -0.445 e. The molecule has 1 aliphatic heterocycles. The van der Waals surface area contributed by atoms with Crippen molar-refractivity contribution in [3.05, 3.63) is 35.5 Å². The summed E-state index contributed by atoms with van der Waals surface area (Å²) in [7, 11) is 0. The van der Waals surface area contributed by atoms with Crippen molar-refractivity contribution in [1.29, 1.82) is 0 Å². The van der Waals surface area contributed by atoms with E-state index in [1.165, 1.54) is 12.3 Å².